The number of nitrogens with zero attached hydrogens (tertiary/aromatic N) is 1. The van der Waals surface area contributed by atoms with Gasteiger partial charge in [-0.1, -0.05) is 11.6 Å². The molecule has 0 saturated carbocycles. The highest BCUT2D eigenvalue weighted by molar-refractivity contribution is 7.12. The SMILES string of the molecule is N#Cc1ccc(NCc2ccc(CC(=O)O)s2)c(Cl)c1. The molecule has 102 valence electrons. The molecule has 1 heterocycles. The van der Waals surface area contributed by atoms with E-state index in [0.29, 0.717) is 17.1 Å². The van der Waals surface area contributed by atoms with E-state index in [1.54, 1.807) is 18.2 Å². The summed E-state index contributed by atoms with van der Waals surface area (Å²) in [7, 11) is 0. The van der Waals surface area contributed by atoms with Crippen LogP contribution < -0.4 is 5.32 Å². The lowest BCUT2D eigenvalue weighted by Crippen LogP contribution is -1.98. The molecule has 0 amide bonds. The Balaban J connectivity index is 2.00. The molecule has 6 heteroatoms. The smallest absolute Gasteiger partial charge is 0.308 e. The number of halogens is 1. The van der Waals surface area contributed by atoms with Crippen molar-refractivity contribution >= 4 is 34.6 Å². The van der Waals surface area contributed by atoms with E-state index in [0.717, 1.165) is 15.4 Å². The summed E-state index contributed by atoms with van der Waals surface area (Å²) in [5.74, 6) is -0.832. The zero-order valence-electron chi connectivity index (χ0n) is 10.4. The molecule has 0 fully saturated rings. The molecule has 4 nitrogen and oxygen atoms in total. The van der Waals surface area contributed by atoms with Gasteiger partial charge in [0.25, 0.3) is 0 Å². The summed E-state index contributed by atoms with van der Waals surface area (Å²) in [6.45, 7) is 0.565. The lowest BCUT2D eigenvalue weighted by molar-refractivity contribution is -0.136. The van der Waals surface area contributed by atoms with Gasteiger partial charge < -0.3 is 10.4 Å². The number of carboxylic acids is 1. The van der Waals surface area contributed by atoms with Gasteiger partial charge in [0.2, 0.25) is 0 Å². The monoisotopic (exact) mass is 306 g/mol. The average Bonchev–Trinajstić information content (AvgIpc) is 2.84. The fourth-order valence-electron chi connectivity index (χ4n) is 1.67. The summed E-state index contributed by atoms with van der Waals surface area (Å²) in [6.07, 6.45) is 0.0439. The normalized spacial score (nSPS) is 10.0. The lowest BCUT2D eigenvalue weighted by Gasteiger charge is -2.07. The van der Waals surface area contributed by atoms with Gasteiger partial charge in [0.15, 0.2) is 0 Å². The molecule has 1 aromatic heterocycles. The highest BCUT2D eigenvalue weighted by Crippen LogP contribution is 2.24. The van der Waals surface area contributed by atoms with Crippen molar-refractivity contribution in [2.24, 2.45) is 0 Å². The molecule has 20 heavy (non-hydrogen) atoms. The Kier molecular flexibility index (Phi) is 4.61. The van der Waals surface area contributed by atoms with Crippen molar-refractivity contribution < 1.29 is 9.90 Å². The molecule has 1 aromatic carbocycles. The summed E-state index contributed by atoms with van der Waals surface area (Å²) >= 11 is 7.52. The summed E-state index contributed by atoms with van der Waals surface area (Å²) in [5, 5.41) is 21.1. The van der Waals surface area contributed by atoms with Gasteiger partial charge in [0.1, 0.15) is 0 Å². The Morgan fingerprint density at radius 3 is 2.75 bits per heavy atom. The maximum atomic E-state index is 10.6. The number of carboxylic acid groups (broad SMARTS) is 1. The third kappa shape index (κ3) is 3.73. The van der Waals surface area contributed by atoms with Gasteiger partial charge >= 0.3 is 5.97 Å². The number of anilines is 1. The molecule has 0 bridgehead atoms. The Morgan fingerprint density at radius 1 is 1.35 bits per heavy atom. The first-order valence-corrected chi connectivity index (χ1v) is 7.01. The molecule has 0 spiro atoms. The van der Waals surface area contributed by atoms with Crippen molar-refractivity contribution in [1.82, 2.24) is 0 Å². The van der Waals surface area contributed by atoms with Gasteiger partial charge in [-0.15, -0.1) is 11.3 Å². The minimum atomic E-state index is -0.832. The van der Waals surface area contributed by atoms with Crippen LogP contribution in [0.25, 0.3) is 0 Å². The van der Waals surface area contributed by atoms with Crippen LogP contribution in [0.5, 0.6) is 0 Å². The average molecular weight is 307 g/mol. The summed E-state index contributed by atoms with van der Waals surface area (Å²) in [5.41, 5.74) is 1.26. The Bertz CT molecular complexity index is 676. The Hall–Kier alpha value is -2.03. The maximum Gasteiger partial charge on any atom is 0.308 e. The van der Waals surface area contributed by atoms with E-state index < -0.39 is 5.97 Å². The number of nitriles is 1. The Morgan fingerprint density at radius 2 is 2.10 bits per heavy atom. The van der Waals surface area contributed by atoms with Crippen molar-refractivity contribution in [3.63, 3.8) is 0 Å². The summed E-state index contributed by atoms with van der Waals surface area (Å²) in [6, 6.07) is 10.8. The number of rotatable bonds is 5. The lowest BCUT2D eigenvalue weighted by atomic mass is 10.2. The van der Waals surface area contributed by atoms with E-state index in [1.807, 2.05) is 18.2 Å². The van der Waals surface area contributed by atoms with Crippen molar-refractivity contribution in [2.45, 2.75) is 13.0 Å². The van der Waals surface area contributed by atoms with Crippen LogP contribution in [0.4, 0.5) is 5.69 Å². The van der Waals surface area contributed by atoms with Crippen molar-refractivity contribution in [1.29, 1.82) is 5.26 Å². The largest absolute Gasteiger partial charge is 0.481 e. The second kappa shape index (κ2) is 6.42. The number of nitrogens with one attached hydrogen (secondary N) is 1. The van der Waals surface area contributed by atoms with Gasteiger partial charge in [-0.2, -0.15) is 5.26 Å². The predicted octanol–water partition coefficient (Wildman–Crippen LogP) is 3.51. The highest BCUT2D eigenvalue weighted by Gasteiger charge is 2.06. The van der Waals surface area contributed by atoms with Crippen LogP contribution in [-0.2, 0) is 17.8 Å². The first-order chi connectivity index (χ1) is 9.58. The van der Waals surface area contributed by atoms with Crippen molar-refractivity contribution in [3.8, 4) is 6.07 Å². The third-order valence-corrected chi connectivity index (χ3v) is 3.99. The molecule has 2 aromatic rings. The zero-order valence-corrected chi connectivity index (χ0v) is 12.0. The van der Waals surface area contributed by atoms with Crippen LogP contribution in [0, 0.1) is 11.3 Å². The summed E-state index contributed by atoms with van der Waals surface area (Å²) < 4.78 is 0. The van der Waals surface area contributed by atoms with Crippen molar-refractivity contribution in [3.05, 3.63) is 50.7 Å². The standard InChI is InChI=1S/C14H11ClN2O2S/c15-12-5-9(7-16)1-4-13(12)17-8-11-3-2-10(20-11)6-14(18)19/h1-5,17H,6,8H2,(H,18,19). The van der Waals surface area contributed by atoms with E-state index in [2.05, 4.69) is 5.32 Å². The molecule has 0 aliphatic carbocycles. The molecule has 0 radical (unpaired) electrons. The molecular formula is C14H11ClN2O2S. The van der Waals surface area contributed by atoms with Gasteiger partial charge in [0, 0.05) is 16.3 Å². The molecule has 0 aliphatic rings. The summed E-state index contributed by atoms with van der Waals surface area (Å²) in [4.78, 5) is 12.5. The van der Waals surface area contributed by atoms with E-state index in [9.17, 15) is 4.79 Å². The van der Waals surface area contributed by atoms with Crippen molar-refractivity contribution in [2.75, 3.05) is 5.32 Å². The van der Waals surface area contributed by atoms with Crippen LogP contribution in [0.2, 0.25) is 5.02 Å². The first kappa shape index (κ1) is 14.4. The van der Waals surface area contributed by atoms with Gasteiger partial charge in [-0.3, -0.25) is 4.79 Å². The van der Waals surface area contributed by atoms with Gasteiger partial charge in [-0.05, 0) is 30.3 Å². The van der Waals surface area contributed by atoms with E-state index >= 15 is 0 Å². The molecular weight excluding hydrogens is 296 g/mol. The molecule has 0 atom stereocenters. The van der Waals surface area contributed by atoms with Gasteiger partial charge in [-0.25, -0.2) is 0 Å². The Labute approximate surface area is 125 Å². The number of benzene rings is 1. The number of hydrogen-bond donors (Lipinski definition) is 2. The van der Waals surface area contributed by atoms with Crippen LogP contribution in [0.15, 0.2) is 30.3 Å². The van der Waals surface area contributed by atoms with E-state index in [1.165, 1.54) is 11.3 Å². The fraction of sp³-hybridized carbons (Fsp3) is 0.143. The molecule has 2 rings (SSSR count). The minimum absolute atomic E-state index is 0.0439. The van der Waals surface area contributed by atoms with E-state index in [4.69, 9.17) is 22.0 Å². The molecule has 2 N–H and O–H groups in total. The zero-order chi connectivity index (χ0) is 14.5. The second-order valence-corrected chi connectivity index (χ2v) is 5.76. The number of thiophene rings is 1. The highest BCUT2D eigenvalue weighted by atomic mass is 35.5. The first-order valence-electron chi connectivity index (χ1n) is 5.81. The molecule has 0 aliphatic heterocycles. The van der Waals surface area contributed by atoms with Crippen LogP contribution in [0.1, 0.15) is 15.3 Å². The number of hydrogen-bond acceptors (Lipinski definition) is 4. The maximum absolute atomic E-state index is 10.6. The third-order valence-electron chi connectivity index (χ3n) is 2.59. The van der Waals surface area contributed by atoms with Crippen LogP contribution >= 0.6 is 22.9 Å². The second-order valence-electron chi connectivity index (χ2n) is 4.10. The van der Waals surface area contributed by atoms with Gasteiger partial charge in [0.05, 0.1) is 28.8 Å². The number of carbonyl (C=O) groups is 1. The van der Waals surface area contributed by atoms with Crippen LogP contribution in [-0.4, -0.2) is 11.1 Å². The van der Waals surface area contributed by atoms with Crippen LogP contribution in [0.3, 0.4) is 0 Å². The minimum Gasteiger partial charge on any atom is -0.481 e. The predicted molar refractivity (Wildman–Crippen MR) is 79.2 cm³/mol. The molecule has 0 unspecified atom stereocenters. The van der Waals surface area contributed by atoms with E-state index in [-0.39, 0.29) is 6.42 Å². The molecule has 0 saturated heterocycles. The topological polar surface area (TPSA) is 73.1 Å². The fourth-order valence-corrected chi connectivity index (χ4v) is 2.87. The quantitative estimate of drug-likeness (QED) is 0.886. The number of aliphatic carboxylic acids is 1.